The maximum atomic E-state index is 2.64. The first-order valence-corrected chi connectivity index (χ1v) is 25.2. The van der Waals surface area contributed by atoms with E-state index >= 15 is 0 Å². The third-order valence-corrected chi connectivity index (χ3v) is 18.1. The fraction of sp³-hybridized carbons (Fsp3) is 0.333. The lowest BCUT2D eigenvalue weighted by atomic mass is 9.56. The Kier molecular flexibility index (Phi) is 9.01. The van der Waals surface area contributed by atoms with Crippen LogP contribution in [0.15, 0.2) is 164 Å². The lowest BCUT2D eigenvalue weighted by Gasteiger charge is -2.49. The monoisotopic (exact) mass is 846 g/mol. The summed E-state index contributed by atoms with van der Waals surface area (Å²) in [5.74, 6) is 2.85. The van der Waals surface area contributed by atoms with E-state index in [-0.39, 0.29) is 10.8 Å². The number of benzene rings is 7. The van der Waals surface area contributed by atoms with Gasteiger partial charge in [-0.15, -0.1) is 0 Å². The average molecular weight is 847 g/mol. The zero-order valence-electron chi connectivity index (χ0n) is 38.6. The molecule has 7 aromatic carbocycles. The molecular formula is C63H62N2. The van der Waals surface area contributed by atoms with Gasteiger partial charge in [0.1, 0.15) is 0 Å². The van der Waals surface area contributed by atoms with Crippen molar-refractivity contribution in [3.8, 4) is 11.1 Å². The first-order valence-electron chi connectivity index (χ1n) is 25.2. The summed E-state index contributed by atoms with van der Waals surface area (Å²) >= 11 is 0. The molecule has 0 saturated heterocycles. The fourth-order valence-electron chi connectivity index (χ4n) is 15.5. The second-order valence-electron chi connectivity index (χ2n) is 21.6. The molecule has 6 aliphatic rings. The summed E-state index contributed by atoms with van der Waals surface area (Å²) in [7, 11) is 0. The van der Waals surface area contributed by atoms with E-state index in [0.29, 0.717) is 17.3 Å². The Morgan fingerprint density at radius 3 is 1.74 bits per heavy atom. The Hall–Kier alpha value is -5.86. The van der Waals surface area contributed by atoms with Gasteiger partial charge in [0.15, 0.2) is 0 Å². The standard InChI is InChI=1S/C63H62N2/c1-4-42-36-43-16-15-35-62(40-42,41-43)46-29-31-51(32-30-46)64(49-19-7-5-8-20-49)57-25-13-17-44-37-47-27-28-48-38-45-18-14-26-58(60(45)63(47,48)59(44)57)65(50-21-9-6-10-22-50)52-33-34-54-53-23-11-12-24-55(53)61(2,3)56(54)39-52/h5-14,17-26,29-34,39,42-43,47-48H,4,15-16,27-28,35-38,40-41H2,1-3H3. The highest BCUT2D eigenvalue weighted by Crippen LogP contribution is 2.69. The van der Waals surface area contributed by atoms with Gasteiger partial charge < -0.3 is 9.80 Å². The Morgan fingerprint density at radius 2 is 1.09 bits per heavy atom. The van der Waals surface area contributed by atoms with Crippen molar-refractivity contribution < 1.29 is 0 Å². The smallest absolute Gasteiger partial charge is 0.0505 e. The molecule has 0 heterocycles. The third-order valence-electron chi connectivity index (χ3n) is 18.1. The molecule has 7 aromatic rings. The van der Waals surface area contributed by atoms with E-state index < -0.39 is 0 Å². The van der Waals surface area contributed by atoms with Crippen LogP contribution in [0.25, 0.3) is 11.1 Å². The molecular weight excluding hydrogens is 785 g/mol. The Morgan fingerprint density at radius 1 is 0.523 bits per heavy atom. The van der Waals surface area contributed by atoms with Gasteiger partial charge in [-0.2, -0.15) is 0 Å². The number of para-hydroxylation sites is 2. The third kappa shape index (κ3) is 5.77. The number of hydrogen-bond donors (Lipinski definition) is 0. The number of fused-ring (bicyclic) bond motifs is 7. The zero-order chi connectivity index (χ0) is 43.5. The van der Waals surface area contributed by atoms with Crippen LogP contribution in [-0.4, -0.2) is 0 Å². The fourth-order valence-corrected chi connectivity index (χ4v) is 15.5. The quantitative estimate of drug-likeness (QED) is 0.150. The molecule has 65 heavy (non-hydrogen) atoms. The van der Waals surface area contributed by atoms with E-state index in [1.54, 1.807) is 22.3 Å². The molecule has 0 aliphatic heterocycles. The second-order valence-corrected chi connectivity index (χ2v) is 21.6. The van der Waals surface area contributed by atoms with Gasteiger partial charge in [0.2, 0.25) is 0 Å². The van der Waals surface area contributed by atoms with Crippen LogP contribution in [0.3, 0.4) is 0 Å². The number of nitrogens with zero attached hydrogens (tertiary/aromatic N) is 2. The van der Waals surface area contributed by atoms with Gasteiger partial charge in [0.05, 0.1) is 11.4 Å². The molecule has 0 radical (unpaired) electrons. The van der Waals surface area contributed by atoms with Crippen LogP contribution in [0.2, 0.25) is 0 Å². The first kappa shape index (κ1) is 39.5. The summed E-state index contributed by atoms with van der Waals surface area (Å²) in [4.78, 5) is 5.27. The Labute approximate surface area is 387 Å². The molecule has 6 unspecified atom stereocenters. The zero-order valence-corrected chi connectivity index (χ0v) is 38.6. The van der Waals surface area contributed by atoms with Gasteiger partial charge in [-0.25, -0.2) is 0 Å². The molecule has 3 saturated carbocycles. The summed E-state index contributed by atoms with van der Waals surface area (Å²) < 4.78 is 0. The normalized spacial score (nSPS) is 26.1. The topological polar surface area (TPSA) is 6.48 Å². The molecule has 2 heteroatoms. The van der Waals surface area contributed by atoms with Crippen LogP contribution >= 0.6 is 0 Å². The van der Waals surface area contributed by atoms with Crippen LogP contribution in [0, 0.1) is 23.7 Å². The van der Waals surface area contributed by atoms with Gasteiger partial charge in [0.25, 0.3) is 0 Å². The minimum atomic E-state index is -0.0998. The molecule has 0 amide bonds. The van der Waals surface area contributed by atoms with E-state index in [1.807, 2.05) is 0 Å². The van der Waals surface area contributed by atoms with Crippen LogP contribution < -0.4 is 9.80 Å². The van der Waals surface area contributed by atoms with Crippen molar-refractivity contribution in [3.05, 3.63) is 203 Å². The highest BCUT2D eigenvalue weighted by Gasteiger charge is 2.62. The molecule has 2 nitrogen and oxygen atoms in total. The second kappa shape index (κ2) is 14.8. The van der Waals surface area contributed by atoms with Crippen molar-refractivity contribution in [1.82, 2.24) is 0 Å². The van der Waals surface area contributed by atoms with Crippen LogP contribution in [0.1, 0.15) is 118 Å². The molecule has 13 rings (SSSR count). The molecule has 6 atom stereocenters. The molecule has 0 N–H and O–H groups in total. The number of rotatable bonds is 8. The lowest BCUT2D eigenvalue weighted by molar-refractivity contribution is 0.100. The molecule has 6 aliphatic carbocycles. The molecule has 3 fully saturated rings. The minimum absolute atomic E-state index is 0.0888. The van der Waals surface area contributed by atoms with Gasteiger partial charge in [-0.3, -0.25) is 0 Å². The SMILES string of the molecule is CCC1CC2CCCC(c3ccc(N(c4ccccc4)c4cccc5c4C46c7c(cccc7N(c7ccccc7)c7ccc8c(c7)C(C)(C)c7ccccc7-8)CC4CCC6C5)cc3)(C1)C2. The molecule has 1 spiro atoms. The first-order chi connectivity index (χ1) is 31.9. The predicted octanol–water partition coefficient (Wildman–Crippen LogP) is 16.6. The summed E-state index contributed by atoms with van der Waals surface area (Å²) in [6.07, 6.45) is 14.4. The minimum Gasteiger partial charge on any atom is -0.310 e. The van der Waals surface area contributed by atoms with Crippen LogP contribution in [0.4, 0.5) is 34.1 Å². The Bertz CT molecular complexity index is 2940. The van der Waals surface area contributed by atoms with Gasteiger partial charge in [-0.05, 0) is 191 Å². The van der Waals surface area contributed by atoms with Crippen molar-refractivity contribution in [1.29, 1.82) is 0 Å². The van der Waals surface area contributed by atoms with Crippen LogP contribution in [-0.2, 0) is 29.1 Å². The number of anilines is 6. The highest BCUT2D eigenvalue weighted by molar-refractivity contribution is 5.89. The maximum Gasteiger partial charge on any atom is 0.0505 e. The summed E-state index contributed by atoms with van der Waals surface area (Å²) in [6.45, 7) is 7.25. The molecule has 324 valence electrons. The van der Waals surface area contributed by atoms with Crippen molar-refractivity contribution in [3.63, 3.8) is 0 Å². The maximum absolute atomic E-state index is 2.64. The van der Waals surface area contributed by atoms with E-state index in [2.05, 4.69) is 194 Å². The number of hydrogen-bond acceptors (Lipinski definition) is 2. The van der Waals surface area contributed by atoms with Crippen molar-refractivity contribution in [2.75, 3.05) is 9.80 Å². The predicted molar refractivity (Wildman–Crippen MR) is 271 cm³/mol. The summed E-state index contributed by atoms with van der Waals surface area (Å²) in [5, 5.41) is 0. The summed E-state index contributed by atoms with van der Waals surface area (Å²) in [6, 6.07) is 63.6. The Balaban J connectivity index is 0.986. The lowest BCUT2D eigenvalue weighted by Crippen LogP contribution is -2.40. The van der Waals surface area contributed by atoms with Crippen molar-refractivity contribution >= 4 is 34.1 Å². The van der Waals surface area contributed by atoms with Gasteiger partial charge in [-0.1, -0.05) is 143 Å². The van der Waals surface area contributed by atoms with Crippen molar-refractivity contribution in [2.45, 2.75) is 108 Å². The summed E-state index contributed by atoms with van der Waals surface area (Å²) in [5.41, 5.74) is 21.2. The molecule has 0 aromatic heterocycles. The van der Waals surface area contributed by atoms with Crippen LogP contribution in [0.5, 0.6) is 0 Å². The van der Waals surface area contributed by atoms with E-state index in [4.69, 9.17) is 0 Å². The van der Waals surface area contributed by atoms with E-state index in [0.717, 1.165) is 24.7 Å². The highest BCUT2D eigenvalue weighted by atomic mass is 15.2. The van der Waals surface area contributed by atoms with E-state index in [9.17, 15) is 0 Å². The van der Waals surface area contributed by atoms with Gasteiger partial charge in [0, 0.05) is 33.6 Å². The van der Waals surface area contributed by atoms with Crippen molar-refractivity contribution in [2.24, 2.45) is 23.7 Å². The van der Waals surface area contributed by atoms with E-state index in [1.165, 1.54) is 120 Å². The van der Waals surface area contributed by atoms with Gasteiger partial charge >= 0.3 is 0 Å². The molecule has 2 bridgehead atoms. The largest absolute Gasteiger partial charge is 0.310 e. The average Bonchev–Trinajstić information content (AvgIpc) is 4.04.